The highest BCUT2D eigenvalue weighted by molar-refractivity contribution is 5.78. The summed E-state index contributed by atoms with van der Waals surface area (Å²) in [6.45, 7) is 5.27. The van der Waals surface area contributed by atoms with Crippen molar-refractivity contribution in [2.24, 2.45) is 24.8 Å². The van der Waals surface area contributed by atoms with Crippen LogP contribution in [0.3, 0.4) is 0 Å². The minimum Gasteiger partial charge on any atom is -0.460 e. The number of rotatable bonds is 5. The van der Waals surface area contributed by atoms with Gasteiger partial charge in [-0.25, -0.2) is 9.78 Å². The van der Waals surface area contributed by atoms with Crippen LogP contribution in [0.5, 0.6) is 5.75 Å². The summed E-state index contributed by atoms with van der Waals surface area (Å²) in [6.07, 6.45) is 2.89. The average molecular weight is 363 g/mol. The quantitative estimate of drug-likeness (QED) is 0.558. The van der Waals surface area contributed by atoms with Gasteiger partial charge in [0, 0.05) is 25.9 Å². The molecule has 2 N–H and O–H groups in total. The Morgan fingerprint density at radius 2 is 2.04 bits per heavy atom. The fraction of sp³-hybridized carbons (Fsp3) is 0.150. The molecule has 0 amide bonds. The largest absolute Gasteiger partial charge is 0.460 e. The molecule has 0 spiro atoms. The molecule has 0 saturated carbocycles. The maximum Gasteiger partial charge on any atom is 0.329 e. The zero-order valence-corrected chi connectivity index (χ0v) is 15.5. The van der Waals surface area contributed by atoms with Gasteiger partial charge in [-0.15, -0.1) is 0 Å². The number of pyridine rings is 1. The lowest BCUT2D eigenvalue weighted by Crippen LogP contribution is -2.19. The lowest BCUT2D eigenvalue weighted by Gasteiger charge is -2.09. The van der Waals surface area contributed by atoms with E-state index >= 15 is 0 Å². The molecule has 0 saturated heterocycles. The Morgan fingerprint density at radius 1 is 1.26 bits per heavy atom. The lowest BCUT2D eigenvalue weighted by atomic mass is 10.1. The Labute approximate surface area is 156 Å². The van der Waals surface area contributed by atoms with Gasteiger partial charge in [0.2, 0.25) is 0 Å². The van der Waals surface area contributed by atoms with Crippen LogP contribution in [0.15, 0.2) is 70.4 Å². The van der Waals surface area contributed by atoms with Crippen LogP contribution in [-0.2, 0) is 14.1 Å². The zero-order valence-electron chi connectivity index (χ0n) is 15.5. The molecule has 0 atom stereocenters. The van der Waals surface area contributed by atoms with Gasteiger partial charge in [0.25, 0.3) is 0 Å². The van der Waals surface area contributed by atoms with Gasteiger partial charge in [-0.2, -0.15) is 0 Å². The number of hydrogen-bond acceptors (Lipinski definition) is 5. The van der Waals surface area contributed by atoms with E-state index in [1.54, 1.807) is 25.6 Å². The Hall–Kier alpha value is -3.61. The van der Waals surface area contributed by atoms with Gasteiger partial charge >= 0.3 is 5.69 Å². The first-order chi connectivity index (χ1) is 12.9. The van der Waals surface area contributed by atoms with E-state index in [4.69, 9.17) is 10.5 Å². The summed E-state index contributed by atoms with van der Waals surface area (Å²) in [7, 11) is 3.44. The van der Waals surface area contributed by atoms with E-state index in [2.05, 4.69) is 16.6 Å². The fourth-order valence-corrected chi connectivity index (χ4v) is 2.71. The first-order valence-corrected chi connectivity index (χ1v) is 8.33. The number of aliphatic imine (C=N–C) groups is 1. The van der Waals surface area contributed by atoms with Crippen LogP contribution >= 0.6 is 0 Å². The Morgan fingerprint density at radius 3 is 2.78 bits per heavy atom. The molecule has 0 fully saturated rings. The van der Waals surface area contributed by atoms with Crippen molar-refractivity contribution in [1.82, 2.24) is 14.1 Å². The molecule has 7 nitrogen and oxygen atoms in total. The summed E-state index contributed by atoms with van der Waals surface area (Å²) in [5.41, 5.74) is 9.25. The summed E-state index contributed by atoms with van der Waals surface area (Å²) >= 11 is 0. The van der Waals surface area contributed by atoms with Gasteiger partial charge in [0.15, 0.2) is 5.65 Å². The maximum atomic E-state index is 12.1. The predicted molar refractivity (Wildman–Crippen MR) is 108 cm³/mol. The molecular weight excluding hydrogens is 342 g/mol. The number of aryl methyl sites for hydroxylation is 2. The zero-order chi connectivity index (χ0) is 19.6. The molecule has 3 rings (SSSR count). The molecule has 3 aromatic rings. The van der Waals surface area contributed by atoms with Crippen LogP contribution in [0.1, 0.15) is 6.92 Å². The minimum absolute atomic E-state index is 0.107. The monoisotopic (exact) mass is 363 g/mol. The summed E-state index contributed by atoms with van der Waals surface area (Å²) in [5.74, 6) is 1.16. The molecule has 0 aliphatic carbocycles. The third kappa shape index (κ3) is 3.52. The molecule has 2 aromatic heterocycles. The van der Waals surface area contributed by atoms with Crippen molar-refractivity contribution >= 4 is 17.4 Å². The van der Waals surface area contributed by atoms with Crippen LogP contribution in [0.2, 0.25) is 0 Å². The topological polar surface area (TPSA) is 87.4 Å². The number of aromatic nitrogens is 3. The molecule has 27 heavy (non-hydrogen) atoms. The SMILES string of the molecule is C=CN=C/C(N)=C(\C)Oc1cccc(-c2ccc3c(n2)n(C)c(=O)n3C)c1. The van der Waals surface area contributed by atoms with Gasteiger partial charge in [-0.1, -0.05) is 18.7 Å². The summed E-state index contributed by atoms with van der Waals surface area (Å²) in [6, 6.07) is 11.3. The summed E-state index contributed by atoms with van der Waals surface area (Å²) in [4.78, 5) is 20.6. The van der Waals surface area contributed by atoms with E-state index in [9.17, 15) is 4.79 Å². The number of hydrogen-bond donors (Lipinski definition) is 1. The van der Waals surface area contributed by atoms with Crippen LogP contribution in [0.25, 0.3) is 22.4 Å². The normalized spacial score (nSPS) is 12.4. The highest BCUT2D eigenvalue weighted by Gasteiger charge is 2.11. The Balaban J connectivity index is 1.97. The van der Waals surface area contributed by atoms with Crippen molar-refractivity contribution in [2.45, 2.75) is 6.92 Å². The van der Waals surface area contributed by atoms with E-state index in [1.807, 2.05) is 36.4 Å². The fourth-order valence-electron chi connectivity index (χ4n) is 2.71. The highest BCUT2D eigenvalue weighted by Crippen LogP contribution is 2.25. The van der Waals surface area contributed by atoms with Crippen molar-refractivity contribution in [2.75, 3.05) is 0 Å². The first kappa shape index (κ1) is 18.2. The van der Waals surface area contributed by atoms with Gasteiger partial charge in [-0.05, 0) is 31.2 Å². The van der Waals surface area contributed by atoms with Crippen molar-refractivity contribution in [3.8, 4) is 17.0 Å². The van der Waals surface area contributed by atoms with E-state index in [0.29, 0.717) is 22.9 Å². The second-order valence-corrected chi connectivity index (χ2v) is 6.04. The Kier molecular flexibility index (Phi) is 4.94. The molecule has 7 heteroatoms. The summed E-state index contributed by atoms with van der Waals surface area (Å²) < 4.78 is 8.92. The minimum atomic E-state index is -0.107. The molecule has 0 aliphatic heterocycles. The smallest absolute Gasteiger partial charge is 0.329 e. The number of allylic oxidation sites excluding steroid dienone is 2. The number of benzene rings is 1. The van der Waals surface area contributed by atoms with E-state index in [-0.39, 0.29) is 5.69 Å². The third-order valence-electron chi connectivity index (χ3n) is 4.23. The molecule has 0 aliphatic rings. The van der Waals surface area contributed by atoms with E-state index in [1.165, 1.54) is 17.0 Å². The van der Waals surface area contributed by atoms with E-state index in [0.717, 1.165) is 16.8 Å². The maximum absolute atomic E-state index is 12.1. The van der Waals surface area contributed by atoms with Gasteiger partial charge in [0.05, 0.1) is 23.1 Å². The van der Waals surface area contributed by atoms with Crippen molar-refractivity contribution < 1.29 is 4.74 Å². The molecule has 138 valence electrons. The molecule has 0 radical (unpaired) electrons. The van der Waals surface area contributed by atoms with Gasteiger partial charge < -0.3 is 10.5 Å². The molecule has 1 aromatic carbocycles. The average Bonchev–Trinajstić information content (AvgIpc) is 2.90. The molecule has 0 unspecified atom stereocenters. The molecular formula is C20H21N5O2. The van der Waals surface area contributed by atoms with Crippen LogP contribution < -0.4 is 16.2 Å². The number of nitrogens with zero attached hydrogens (tertiary/aromatic N) is 4. The highest BCUT2D eigenvalue weighted by atomic mass is 16.5. The van der Waals surface area contributed by atoms with Gasteiger partial charge in [0.1, 0.15) is 11.5 Å². The van der Waals surface area contributed by atoms with Crippen LogP contribution in [0, 0.1) is 0 Å². The van der Waals surface area contributed by atoms with Crippen molar-refractivity contribution in [1.29, 1.82) is 0 Å². The third-order valence-corrected chi connectivity index (χ3v) is 4.23. The lowest BCUT2D eigenvalue weighted by molar-refractivity contribution is 0.424. The number of nitrogens with two attached hydrogens (primary N) is 1. The van der Waals surface area contributed by atoms with Crippen molar-refractivity contribution in [3.63, 3.8) is 0 Å². The van der Waals surface area contributed by atoms with Crippen LogP contribution in [-0.4, -0.2) is 20.3 Å². The molecule has 2 heterocycles. The van der Waals surface area contributed by atoms with E-state index < -0.39 is 0 Å². The number of imidazole rings is 1. The molecule has 0 bridgehead atoms. The standard InChI is InChI=1S/C20H21N5O2/c1-5-22-12-16(21)13(2)27-15-8-6-7-14(11-15)17-9-10-18-19(23-17)25(4)20(26)24(18)3/h5-12H,1,21H2,2-4H3/b16-13-,22-12?. The van der Waals surface area contributed by atoms with Gasteiger partial charge in [-0.3, -0.25) is 14.1 Å². The van der Waals surface area contributed by atoms with Crippen LogP contribution in [0.4, 0.5) is 0 Å². The number of fused-ring (bicyclic) bond motifs is 1. The second kappa shape index (κ2) is 7.33. The second-order valence-electron chi connectivity index (χ2n) is 6.04. The Bertz CT molecular complexity index is 1130. The first-order valence-electron chi connectivity index (χ1n) is 8.33. The summed E-state index contributed by atoms with van der Waals surface area (Å²) in [5, 5.41) is 0. The van der Waals surface area contributed by atoms with Crippen molar-refractivity contribution in [3.05, 3.63) is 71.1 Å². The predicted octanol–water partition coefficient (Wildman–Crippen LogP) is 2.72. The number of ether oxygens (including phenoxy) is 1.